The fourth-order valence-electron chi connectivity index (χ4n) is 2.22. The largest absolute Gasteiger partial charge is 0.466 e. The van der Waals surface area contributed by atoms with Crippen LogP contribution in [0.15, 0.2) is 4.42 Å². The van der Waals surface area contributed by atoms with Crippen molar-refractivity contribution in [1.82, 2.24) is 0 Å². The van der Waals surface area contributed by atoms with Crippen LogP contribution in [0, 0.1) is 6.92 Å². The van der Waals surface area contributed by atoms with Crippen molar-refractivity contribution in [1.29, 1.82) is 0 Å². The van der Waals surface area contributed by atoms with Gasteiger partial charge in [-0.2, -0.15) is 0 Å². The van der Waals surface area contributed by atoms with Crippen molar-refractivity contribution in [3.05, 3.63) is 22.6 Å². The number of hydrogen-bond acceptors (Lipinski definition) is 3. The molecule has 3 heteroatoms. The normalized spacial score (nSPS) is 19.4. The van der Waals surface area contributed by atoms with Gasteiger partial charge in [-0.15, -0.1) is 0 Å². The Kier molecular flexibility index (Phi) is 2.37. The molecular weight excluding hydrogens is 178 g/mol. The second-order valence-corrected chi connectivity index (χ2v) is 4.13. The molecule has 3 nitrogen and oxygen atoms in total. The fraction of sp³-hybridized carbons (Fsp3) is 0.636. The molecule has 1 aromatic heterocycles. The summed E-state index contributed by atoms with van der Waals surface area (Å²) in [5.41, 5.74) is 7.84. The van der Waals surface area contributed by atoms with Gasteiger partial charge in [-0.3, -0.25) is 0 Å². The van der Waals surface area contributed by atoms with Crippen molar-refractivity contribution in [3.63, 3.8) is 0 Å². The molecule has 0 saturated heterocycles. The minimum Gasteiger partial charge on any atom is -0.466 e. The first-order chi connectivity index (χ1) is 6.61. The Balaban J connectivity index is 2.42. The molecule has 0 fully saturated rings. The van der Waals surface area contributed by atoms with Gasteiger partial charge in [0.05, 0.1) is 6.10 Å². The van der Waals surface area contributed by atoms with Gasteiger partial charge in [0.15, 0.2) is 0 Å². The van der Waals surface area contributed by atoms with E-state index in [9.17, 15) is 5.11 Å². The molecule has 0 amide bonds. The van der Waals surface area contributed by atoms with Gasteiger partial charge in [-0.05, 0) is 32.3 Å². The molecule has 0 aliphatic heterocycles. The highest BCUT2D eigenvalue weighted by Crippen LogP contribution is 2.34. The molecule has 1 aliphatic rings. The number of nitrogens with two attached hydrogens (primary N) is 1. The third-order valence-electron chi connectivity index (χ3n) is 2.94. The van der Waals surface area contributed by atoms with Crippen molar-refractivity contribution in [3.8, 4) is 0 Å². The summed E-state index contributed by atoms with van der Waals surface area (Å²) in [4.78, 5) is 0. The SMILES string of the molecule is Cc1oc2c(c1C(O)C(C)N)CCC2. The van der Waals surface area contributed by atoms with Crippen LogP contribution in [0.25, 0.3) is 0 Å². The third kappa shape index (κ3) is 1.37. The van der Waals surface area contributed by atoms with Crippen molar-refractivity contribution in [2.75, 3.05) is 0 Å². The molecular formula is C11H17NO2. The van der Waals surface area contributed by atoms with Gasteiger partial charge >= 0.3 is 0 Å². The third-order valence-corrected chi connectivity index (χ3v) is 2.94. The number of hydrogen-bond donors (Lipinski definition) is 2. The maximum absolute atomic E-state index is 9.95. The van der Waals surface area contributed by atoms with E-state index in [-0.39, 0.29) is 6.04 Å². The van der Waals surface area contributed by atoms with Gasteiger partial charge in [-0.25, -0.2) is 0 Å². The highest BCUT2D eigenvalue weighted by atomic mass is 16.3. The van der Waals surface area contributed by atoms with E-state index in [1.807, 2.05) is 13.8 Å². The van der Waals surface area contributed by atoms with E-state index in [0.29, 0.717) is 0 Å². The van der Waals surface area contributed by atoms with E-state index in [2.05, 4.69) is 0 Å². The molecule has 0 spiro atoms. The number of furan rings is 1. The molecule has 1 aromatic rings. The number of aliphatic hydroxyl groups excluding tert-OH is 1. The summed E-state index contributed by atoms with van der Waals surface area (Å²) in [6, 6.07) is -0.240. The van der Waals surface area contributed by atoms with E-state index < -0.39 is 6.10 Å². The average molecular weight is 195 g/mol. The molecule has 0 bridgehead atoms. The summed E-state index contributed by atoms with van der Waals surface area (Å²) in [5.74, 6) is 1.89. The van der Waals surface area contributed by atoms with Crippen LogP contribution >= 0.6 is 0 Å². The fourth-order valence-corrected chi connectivity index (χ4v) is 2.22. The van der Waals surface area contributed by atoms with Gasteiger partial charge in [0.25, 0.3) is 0 Å². The maximum atomic E-state index is 9.95. The van der Waals surface area contributed by atoms with Gasteiger partial charge < -0.3 is 15.3 Å². The van der Waals surface area contributed by atoms with E-state index in [1.54, 1.807) is 0 Å². The first-order valence-corrected chi connectivity index (χ1v) is 5.16. The predicted molar refractivity (Wildman–Crippen MR) is 54.1 cm³/mol. The second kappa shape index (κ2) is 3.41. The molecule has 14 heavy (non-hydrogen) atoms. The van der Waals surface area contributed by atoms with Crippen molar-refractivity contribution in [2.24, 2.45) is 5.73 Å². The lowest BCUT2D eigenvalue weighted by Gasteiger charge is -2.15. The summed E-state index contributed by atoms with van der Waals surface area (Å²) in [5, 5.41) is 9.95. The Labute approximate surface area is 83.9 Å². The zero-order valence-corrected chi connectivity index (χ0v) is 8.71. The average Bonchev–Trinajstić information content (AvgIpc) is 2.62. The lowest BCUT2D eigenvalue weighted by Crippen LogP contribution is -2.25. The molecule has 2 atom stereocenters. The van der Waals surface area contributed by atoms with Crippen molar-refractivity contribution < 1.29 is 9.52 Å². The van der Waals surface area contributed by atoms with Gasteiger partial charge in [-0.1, -0.05) is 0 Å². The van der Waals surface area contributed by atoms with E-state index >= 15 is 0 Å². The van der Waals surface area contributed by atoms with E-state index in [1.165, 1.54) is 5.56 Å². The van der Waals surface area contributed by atoms with Crippen LogP contribution < -0.4 is 5.73 Å². The molecule has 1 heterocycles. The molecule has 0 aromatic carbocycles. The molecule has 0 saturated carbocycles. The molecule has 78 valence electrons. The summed E-state index contributed by atoms with van der Waals surface area (Å²) in [6.45, 7) is 3.72. The van der Waals surface area contributed by atoms with Gasteiger partial charge in [0, 0.05) is 18.0 Å². The quantitative estimate of drug-likeness (QED) is 0.751. The molecule has 2 rings (SSSR count). The Morgan fingerprint density at radius 1 is 1.43 bits per heavy atom. The van der Waals surface area contributed by atoms with Crippen LogP contribution in [0.1, 0.15) is 42.1 Å². The zero-order valence-electron chi connectivity index (χ0n) is 8.71. The Morgan fingerprint density at radius 3 is 2.79 bits per heavy atom. The van der Waals surface area contributed by atoms with Crippen molar-refractivity contribution in [2.45, 2.75) is 45.3 Å². The Morgan fingerprint density at radius 2 is 2.14 bits per heavy atom. The van der Waals surface area contributed by atoms with Crippen LogP contribution in [0.4, 0.5) is 0 Å². The highest BCUT2D eigenvalue weighted by molar-refractivity contribution is 5.38. The topological polar surface area (TPSA) is 59.4 Å². The molecule has 2 unspecified atom stereocenters. The minimum atomic E-state index is -0.583. The summed E-state index contributed by atoms with van der Waals surface area (Å²) in [6.07, 6.45) is 2.57. The first kappa shape index (κ1) is 9.74. The van der Waals surface area contributed by atoms with E-state index in [0.717, 1.165) is 36.3 Å². The second-order valence-electron chi connectivity index (χ2n) is 4.13. The highest BCUT2D eigenvalue weighted by Gasteiger charge is 2.27. The van der Waals surface area contributed by atoms with Crippen LogP contribution in [-0.4, -0.2) is 11.1 Å². The number of aryl methyl sites for hydroxylation is 2. The summed E-state index contributed by atoms with van der Waals surface area (Å²) in [7, 11) is 0. The lowest BCUT2D eigenvalue weighted by molar-refractivity contribution is 0.150. The number of fused-ring (bicyclic) bond motifs is 1. The standard InChI is InChI=1S/C11H17NO2/c1-6(12)11(13)10-7(2)14-9-5-3-4-8(9)10/h6,11,13H,3-5,12H2,1-2H3. The molecule has 1 aliphatic carbocycles. The zero-order chi connectivity index (χ0) is 10.3. The van der Waals surface area contributed by atoms with E-state index in [4.69, 9.17) is 10.2 Å². The number of rotatable bonds is 2. The maximum Gasteiger partial charge on any atom is 0.107 e. The van der Waals surface area contributed by atoms with Crippen LogP contribution in [0.2, 0.25) is 0 Å². The monoisotopic (exact) mass is 195 g/mol. The van der Waals surface area contributed by atoms with Crippen LogP contribution in [-0.2, 0) is 12.8 Å². The first-order valence-electron chi connectivity index (χ1n) is 5.16. The van der Waals surface area contributed by atoms with Crippen LogP contribution in [0.5, 0.6) is 0 Å². The number of aliphatic hydroxyl groups is 1. The van der Waals surface area contributed by atoms with Crippen molar-refractivity contribution >= 4 is 0 Å². The smallest absolute Gasteiger partial charge is 0.107 e. The van der Waals surface area contributed by atoms with Gasteiger partial charge in [0.1, 0.15) is 11.5 Å². The lowest BCUT2D eigenvalue weighted by atomic mass is 9.99. The van der Waals surface area contributed by atoms with Gasteiger partial charge in [0.2, 0.25) is 0 Å². The summed E-state index contributed by atoms with van der Waals surface area (Å²) >= 11 is 0. The van der Waals surface area contributed by atoms with Crippen LogP contribution in [0.3, 0.4) is 0 Å². The molecule has 3 N–H and O–H groups in total. The minimum absolute atomic E-state index is 0.240. The predicted octanol–water partition coefficient (Wildman–Crippen LogP) is 1.46. The Hall–Kier alpha value is -0.800. The summed E-state index contributed by atoms with van der Waals surface area (Å²) < 4.78 is 5.61. The molecule has 0 radical (unpaired) electrons. The Bertz CT molecular complexity index is 341.